The van der Waals surface area contributed by atoms with Crippen molar-refractivity contribution in [2.24, 2.45) is 0 Å². The summed E-state index contributed by atoms with van der Waals surface area (Å²) in [5, 5.41) is 12.1. The normalized spacial score (nSPS) is 11.4. The molecule has 0 atom stereocenters. The minimum Gasteiger partial charge on any atom is -0.310 e. The van der Waals surface area contributed by atoms with Crippen molar-refractivity contribution in [2.45, 2.75) is 0 Å². The SMILES string of the molecule is C=CC=C.c1ccc(N(c2cccc(-n3c4ccccc4c4ccccc43)c2)c2cc3cc(N(c4ccccc4)c4cccc(-n5c6ccccc6c6ccccc65)c4)c4ccccc4c3c3ccccc23)cc1. The van der Waals surface area contributed by atoms with Gasteiger partial charge in [-0.1, -0.05) is 195 Å². The quantitative estimate of drug-likeness (QED) is 0.106. The average molecular weight is 947 g/mol. The van der Waals surface area contributed by atoms with Crippen LogP contribution in [0.2, 0.25) is 0 Å². The van der Waals surface area contributed by atoms with Gasteiger partial charge in [-0.2, -0.15) is 0 Å². The van der Waals surface area contributed by atoms with Gasteiger partial charge < -0.3 is 18.9 Å². The van der Waals surface area contributed by atoms with E-state index >= 15 is 0 Å². The molecule has 2 aromatic heterocycles. The van der Waals surface area contributed by atoms with Gasteiger partial charge in [0.1, 0.15) is 0 Å². The maximum Gasteiger partial charge on any atom is 0.0546 e. The molecule has 0 unspecified atom stereocenters. The van der Waals surface area contributed by atoms with Crippen molar-refractivity contribution < 1.29 is 0 Å². The molecule has 14 aromatic rings. The van der Waals surface area contributed by atoms with Gasteiger partial charge in [0, 0.05) is 66.4 Å². The molecular formula is C70H50N4. The maximum absolute atomic E-state index is 3.36. The fourth-order valence-corrected chi connectivity index (χ4v) is 11.3. The van der Waals surface area contributed by atoms with Crippen molar-refractivity contribution in [1.82, 2.24) is 9.13 Å². The molecular weight excluding hydrogens is 897 g/mol. The molecule has 0 aliphatic carbocycles. The zero-order chi connectivity index (χ0) is 49.5. The Morgan fingerprint density at radius 1 is 0.270 bits per heavy atom. The third-order valence-corrected chi connectivity index (χ3v) is 14.3. The van der Waals surface area contributed by atoms with Crippen LogP contribution in [0, 0.1) is 0 Å². The Morgan fingerprint density at radius 3 is 0.919 bits per heavy atom. The van der Waals surface area contributed by atoms with Crippen LogP contribution in [-0.2, 0) is 0 Å². The minimum absolute atomic E-state index is 1.07. The Labute approximate surface area is 430 Å². The Morgan fingerprint density at radius 2 is 0.568 bits per heavy atom. The fraction of sp³-hybridized carbons (Fsp3) is 0. The fourth-order valence-electron chi connectivity index (χ4n) is 11.3. The van der Waals surface area contributed by atoms with Gasteiger partial charge in [-0.25, -0.2) is 0 Å². The van der Waals surface area contributed by atoms with E-state index in [4.69, 9.17) is 0 Å². The van der Waals surface area contributed by atoms with Crippen molar-refractivity contribution in [3.63, 3.8) is 0 Å². The molecule has 12 aromatic carbocycles. The summed E-state index contributed by atoms with van der Waals surface area (Å²) in [6.07, 6.45) is 3.28. The number of nitrogens with zero attached hydrogens (tertiary/aromatic N) is 4. The number of anilines is 6. The standard InChI is InChI=1S/C66H44N4.C4H6/c1-3-21-46(22-4-1)67(48-25-19-27-50(43-48)69-60-37-15-11-29-52(60)53-30-12-16-38-61(53)69)64-41-45-42-65(57-34-8-10-36-59(57)66(45)58-35-9-7-33-56(58)64)68(47-23-5-2-6-24-47)49-26-20-28-51(44-49)70-62-39-17-13-31-54(62)55-32-14-18-40-63(55)70;1-3-4-2/h1-44H;3-4H,1-2H2. The van der Waals surface area contributed by atoms with Crippen molar-refractivity contribution >= 4 is 110 Å². The lowest BCUT2D eigenvalue weighted by Gasteiger charge is -2.30. The van der Waals surface area contributed by atoms with E-state index in [1.54, 1.807) is 12.2 Å². The first-order valence-corrected chi connectivity index (χ1v) is 25.2. The number of hydrogen-bond donors (Lipinski definition) is 0. The van der Waals surface area contributed by atoms with Crippen molar-refractivity contribution in [3.05, 3.63) is 292 Å². The molecule has 350 valence electrons. The van der Waals surface area contributed by atoms with Crippen LogP contribution < -0.4 is 9.80 Å². The summed E-state index contributed by atoms with van der Waals surface area (Å²) in [4.78, 5) is 4.89. The number of fused-ring (bicyclic) bond motifs is 11. The number of benzene rings is 12. The number of para-hydroxylation sites is 6. The highest BCUT2D eigenvalue weighted by molar-refractivity contribution is 6.26. The van der Waals surface area contributed by atoms with E-state index < -0.39 is 0 Å². The lowest BCUT2D eigenvalue weighted by molar-refractivity contribution is 1.17. The number of allylic oxidation sites excluding steroid dienone is 2. The van der Waals surface area contributed by atoms with Crippen LogP contribution >= 0.6 is 0 Å². The highest BCUT2D eigenvalue weighted by atomic mass is 15.2. The van der Waals surface area contributed by atoms with Gasteiger partial charge in [0.15, 0.2) is 0 Å². The van der Waals surface area contributed by atoms with Gasteiger partial charge in [-0.15, -0.1) is 0 Å². The van der Waals surface area contributed by atoms with Crippen LogP contribution in [0.1, 0.15) is 0 Å². The Kier molecular flexibility index (Phi) is 11.1. The number of rotatable bonds is 9. The third kappa shape index (κ3) is 7.39. The van der Waals surface area contributed by atoms with Gasteiger partial charge in [0.25, 0.3) is 0 Å². The summed E-state index contributed by atoms with van der Waals surface area (Å²) in [6, 6.07) is 97.3. The summed E-state index contributed by atoms with van der Waals surface area (Å²) in [5.74, 6) is 0. The van der Waals surface area contributed by atoms with Crippen molar-refractivity contribution in [2.75, 3.05) is 9.80 Å². The molecule has 0 saturated heterocycles. The molecule has 0 N–H and O–H groups in total. The van der Waals surface area contributed by atoms with E-state index in [0.29, 0.717) is 0 Å². The molecule has 0 fully saturated rings. The summed E-state index contributed by atoms with van der Waals surface area (Å²) >= 11 is 0. The molecule has 14 rings (SSSR count). The van der Waals surface area contributed by atoms with Gasteiger partial charge in [-0.05, 0) is 119 Å². The molecule has 0 amide bonds. The summed E-state index contributed by atoms with van der Waals surface area (Å²) in [7, 11) is 0. The molecule has 0 bridgehead atoms. The highest BCUT2D eigenvalue weighted by Gasteiger charge is 2.24. The van der Waals surface area contributed by atoms with Gasteiger partial charge in [0.05, 0.1) is 33.4 Å². The topological polar surface area (TPSA) is 16.3 Å². The third-order valence-electron chi connectivity index (χ3n) is 14.3. The monoisotopic (exact) mass is 946 g/mol. The van der Waals surface area contributed by atoms with Gasteiger partial charge >= 0.3 is 0 Å². The van der Waals surface area contributed by atoms with E-state index in [1.807, 2.05) is 0 Å². The summed E-state index contributed by atoms with van der Waals surface area (Å²) < 4.78 is 4.81. The molecule has 74 heavy (non-hydrogen) atoms. The molecule has 0 saturated carbocycles. The van der Waals surface area contributed by atoms with Crippen molar-refractivity contribution in [1.29, 1.82) is 0 Å². The molecule has 4 nitrogen and oxygen atoms in total. The van der Waals surface area contributed by atoms with Gasteiger partial charge in [0.2, 0.25) is 0 Å². The Hall–Kier alpha value is -9.90. The lowest BCUT2D eigenvalue weighted by atomic mass is 9.93. The maximum atomic E-state index is 3.36. The first-order chi connectivity index (χ1) is 36.7. The van der Waals surface area contributed by atoms with Crippen LogP contribution in [-0.4, -0.2) is 9.13 Å². The number of hydrogen-bond acceptors (Lipinski definition) is 2. The zero-order valence-electron chi connectivity index (χ0n) is 40.8. The molecule has 0 spiro atoms. The minimum atomic E-state index is 1.07. The predicted octanol–water partition coefficient (Wildman–Crippen LogP) is 19.6. The Bertz CT molecular complexity index is 4040. The summed E-state index contributed by atoms with van der Waals surface area (Å²) in [5.41, 5.74) is 13.5. The smallest absolute Gasteiger partial charge is 0.0546 e. The molecule has 4 heteroatoms. The van der Waals surface area contributed by atoms with Crippen LogP contribution in [0.5, 0.6) is 0 Å². The number of aromatic nitrogens is 2. The van der Waals surface area contributed by atoms with E-state index in [-0.39, 0.29) is 0 Å². The van der Waals surface area contributed by atoms with E-state index in [2.05, 4.69) is 299 Å². The Balaban J connectivity index is 0.00000128. The zero-order valence-corrected chi connectivity index (χ0v) is 40.8. The van der Waals surface area contributed by atoms with E-state index in [0.717, 1.165) is 50.9 Å². The summed E-state index contributed by atoms with van der Waals surface area (Å²) in [6.45, 7) is 6.72. The van der Waals surface area contributed by atoms with Crippen molar-refractivity contribution in [3.8, 4) is 11.4 Å². The van der Waals surface area contributed by atoms with Crippen LogP contribution in [0.3, 0.4) is 0 Å². The second kappa shape index (κ2) is 18.7. The van der Waals surface area contributed by atoms with E-state index in [1.165, 1.54) is 70.5 Å². The first-order valence-electron chi connectivity index (χ1n) is 25.2. The van der Waals surface area contributed by atoms with Crippen LogP contribution in [0.4, 0.5) is 34.1 Å². The van der Waals surface area contributed by atoms with Gasteiger partial charge in [-0.3, -0.25) is 0 Å². The predicted molar refractivity (Wildman–Crippen MR) is 317 cm³/mol. The molecule has 0 aliphatic heterocycles. The molecule has 0 aliphatic rings. The largest absolute Gasteiger partial charge is 0.310 e. The second-order valence-corrected chi connectivity index (χ2v) is 18.6. The molecule has 2 heterocycles. The average Bonchev–Trinajstić information content (AvgIpc) is 4.00. The van der Waals surface area contributed by atoms with Crippen LogP contribution in [0.25, 0.3) is 87.3 Å². The van der Waals surface area contributed by atoms with Crippen LogP contribution in [0.15, 0.2) is 292 Å². The van der Waals surface area contributed by atoms with E-state index in [9.17, 15) is 0 Å². The first kappa shape index (κ1) is 44.1. The second-order valence-electron chi connectivity index (χ2n) is 18.6. The highest BCUT2D eigenvalue weighted by Crippen LogP contribution is 2.48. The molecule has 0 radical (unpaired) electrons. The lowest BCUT2D eigenvalue weighted by Crippen LogP contribution is -2.12.